The molecule has 0 aliphatic carbocycles. The Morgan fingerprint density at radius 1 is 1.41 bits per heavy atom. The second-order valence-electron chi connectivity index (χ2n) is 5.18. The Bertz CT molecular complexity index is 734. The number of hydrogen-bond acceptors (Lipinski definition) is 5. The Kier molecular flexibility index (Phi) is 3.94. The Hall–Kier alpha value is -2.21. The Morgan fingerprint density at radius 3 is 2.91 bits per heavy atom. The van der Waals surface area contributed by atoms with E-state index in [0.717, 1.165) is 30.9 Å². The predicted molar refractivity (Wildman–Crippen MR) is 83.9 cm³/mol. The van der Waals surface area contributed by atoms with Gasteiger partial charge in [-0.2, -0.15) is 0 Å². The molecule has 0 radical (unpaired) electrons. The van der Waals surface area contributed by atoms with Crippen molar-refractivity contribution in [3.63, 3.8) is 0 Å². The zero-order chi connectivity index (χ0) is 15.7. The van der Waals surface area contributed by atoms with Gasteiger partial charge in [0.25, 0.3) is 0 Å². The molecule has 0 fully saturated rings. The van der Waals surface area contributed by atoms with E-state index in [1.165, 1.54) is 11.8 Å². The van der Waals surface area contributed by atoms with Gasteiger partial charge in [-0.3, -0.25) is 4.79 Å². The van der Waals surface area contributed by atoms with Crippen molar-refractivity contribution < 1.29 is 4.79 Å². The van der Waals surface area contributed by atoms with Crippen LogP contribution in [-0.4, -0.2) is 27.4 Å². The molecule has 0 aromatic carbocycles. The van der Waals surface area contributed by atoms with E-state index in [0.29, 0.717) is 22.9 Å². The van der Waals surface area contributed by atoms with Crippen LogP contribution in [0, 0.1) is 0 Å². The molecule has 6 nitrogen and oxygen atoms in total. The van der Waals surface area contributed by atoms with Crippen molar-refractivity contribution in [1.82, 2.24) is 15.0 Å². The number of nitrogens with two attached hydrogens (primary N) is 1. The number of anilines is 1. The third-order valence-electron chi connectivity index (χ3n) is 3.72. The maximum absolute atomic E-state index is 11.2. The van der Waals surface area contributed by atoms with Gasteiger partial charge in [-0.15, -0.1) is 0 Å². The lowest BCUT2D eigenvalue weighted by atomic mass is 10.1. The zero-order valence-electron chi connectivity index (χ0n) is 12.2. The summed E-state index contributed by atoms with van der Waals surface area (Å²) in [6, 6.07) is 1.55. The van der Waals surface area contributed by atoms with Crippen molar-refractivity contribution in [3.05, 3.63) is 46.1 Å². The van der Waals surface area contributed by atoms with Crippen molar-refractivity contribution >= 4 is 23.3 Å². The van der Waals surface area contributed by atoms with Crippen molar-refractivity contribution in [2.75, 3.05) is 11.4 Å². The molecule has 2 N–H and O–H groups in total. The van der Waals surface area contributed by atoms with Gasteiger partial charge in [-0.05, 0) is 18.1 Å². The number of aromatic nitrogens is 3. The van der Waals surface area contributed by atoms with Gasteiger partial charge in [-0.1, -0.05) is 18.5 Å². The first-order valence-corrected chi connectivity index (χ1v) is 7.50. The van der Waals surface area contributed by atoms with E-state index in [2.05, 4.69) is 19.9 Å². The van der Waals surface area contributed by atoms with Crippen LogP contribution in [-0.2, 0) is 19.4 Å². The second-order valence-corrected chi connectivity index (χ2v) is 5.58. The summed E-state index contributed by atoms with van der Waals surface area (Å²) in [5.41, 5.74) is 7.72. The molecule has 3 rings (SSSR count). The van der Waals surface area contributed by atoms with E-state index in [4.69, 9.17) is 17.3 Å². The van der Waals surface area contributed by atoms with Crippen LogP contribution in [0.15, 0.2) is 18.5 Å². The summed E-state index contributed by atoms with van der Waals surface area (Å²) in [5.74, 6) is 0.947. The van der Waals surface area contributed by atoms with Crippen molar-refractivity contribution in [2.45, 2.75) is 26.3 Å². The molecule has 1 amide bonds. The number of fused-ring (bicyclic) bond motifs is 1. The van der Waals surface area contributed by atoms with Gasteiger partial charge in [0.2, 0.25) is 5.91 Å². The topological polar surface area (TPSA) is 85.0 Å². The molecular weight excluding hydrogens is 302 g/mol. The molecule has 22 heavy (non-hydrogen) atoms. The van der Waals surface area contributed by atoms with E-state index in [9.17, 15) is 4.79 Å². The molecule has 0 atom stereocenters. The first-order chi connectivity index (χ1) is 10.6. The number of rotatable bonds is 3. The van der Waals surface area contributed by atoms with E-state index < -0.39 is 5.91 Å². The van der Waals surface area contributed by atoms with Gasteiger partial charge in [0.05, 0.1) is 22.8 Å². The molecule has 0 saturated heterocycles. The first kappa shape index (κ1) is 14.7. The smallest absolute Gasteiger partial charge is 0.250 e. The van der Waals surface area contributed by atoms with Crippen LogP contribution in [0.5, 0.6) is 0 Å². The van der Waals surface area contributed by atoms with Crippen LogP contribution in [0.1, 0.15) is 34.4 Å². The maximum Gasteiger partial charge on any atom is 0.250 e. The maximum atomic E-state index is 11.2. The van der Waals surface area contributed by atoms with Crippen LogP contribution < -0.4 is 10.6 Å². The monoisotopic (exact) mass is 317 g/mol. The van der Waals surface area contributed by atoms with Crippen molar-refractivity contribution in [3.8, 4) is 0 Å². The molecule has 1 aliphatic heterocycles. The van der Waals surface area contributed by atoms with Crippen molar-refractivity contribution in [2.24, 2.45) is 5.73 Å². The lowest BCUT2D eigenvalue weighted by molar-refractivity contribution is 0.1000. The van der Waals surface area contributed by atoms with E-state index in [-0.39, 0.29) is 0 Å². The Balaban J connectivity index is 1.89. The largest absolute Gasteiger partial charge is 0.366 e. The fourth-order valence-electron chi connectivity index (χ4n) is 2.49. The van der Waals surface area contributed by atoms with Gasteiger partial charge in [0, 0.05) is 25.4 Å². The fourth-order valence-corrected chi connectivity index (χ4v) is 2.78. The van der Waals surface area contributed by atoms with Crippen LogP contribution in [0.3, 0.4) is 0 Å². The molecule has 1 aliphatic rings. The molecular formula is C15H16ClN5O. The van der Waals surface area contributed by atoms with Gasteiger partial charge < -0.3 is 10.6 Å². The number of primary amides is 1. The molecule has 0 unspecified atom stereocenters. The summed E-state index contributed by atoms with van der Waals surface area (Å²) in [5, 5.41) is 0.421. The molecule has 0 bridgehead atoms. The molecule has 2 aromatic heterocycles. The van der Waals surface area contributed by atoms with Crippen LogP contribution >= 0.6 is 11.6 Å². The number of pyridine rings is 1. The summed E-state index contributed by atoms with van der Waals surface area (Å²) < 4.78 is 0. The average molecular weight is 318 g/mol. The Morgan fingerprint density at radius 2 is 2.23 bits per heavy atom. The third kappa shape index (κ3) is 2.74. The highest BCUT2D eigenvalue weighted by atomic mass is 35.5. The summed E-state index contributed by atoms with van der Waals surface area (Å²) in [6.07, 6.45) is 5.01. The number of amides is 1. The van der Waals surface area contributed by atoms with Crippen LogP contribution in [0.25, 0.3) is 0 Å². The lowest BCUT2D eigenvalue weighted by Crippen LogP contribution is -2.32. The molecule has 7 heteroatoms. The SMILES string of the molecule is CCc1ncc2c(n1)CN(c1ncc(C(N)=O)cc1Cl)CC2. The Labute approximate surface area is 133 Å². The van der Waals surface area contributed by atoms with Gasteiger partial charge in [0.15, 0.2) is 0 Å². The number of nitrogens with zero attached hydrogens (tertiary/aromatic N) is 4. The fraction of sp³-hybridized carbons (Fsp3) is 0.333. The van der Waals surface area contributed by atoms with E-state index >= 15 is 0 Å². The molecule has 2 aromatic rings. The third-order valence-corrected chi connectivity index (χ3v) is 4.00. The summed E-state index contributed by atoms with van der Waals surface area (Å²) in [7, 11) is 0. The molecule has 0 spiro atoms. The number of aryl methyl sites for hydroxylation is 1. The van der Waals surface area contributed by atoms with Crippen molar-refractivity contribution in [1.29, 1.82) is 0 Å². The summed E-state index contributed by atoms with van der Waals surface area (Å²) in [4.78, 5) is 26.4. The normalized spacial score (nSPS) is 13.8. The zero-order valence-corrected chi connectivity index (χ0v) is 13.0. The molecule has 114 valence electrons. The summed E-state index contributed by atoms with van der Waals surface area (Å²) in [6.45, 7) is 3.45. The first-order valence-electron chi connectivity index (χ1n) is 7.12. The number of carbonyl (C=O) groups excluding carboxylic acids is 1. The number of hydrogen-bond donors (Lipinski definition) is 1. The van der Waals surface area contributed by atoms with Crippen LogP contribution in [0.4, 0.5) is 5.82 Å². The predicted octanol–water partition coefficient (Wildman–Crippen LogP) is 1.75. The van der Waals surface area contributed by atoms with Crippen LogP contribution in [0.2, 0.25) is 5.02 Å². The minimum atomic E-state index is -0.537. The average Bonchev–Trinajstić information content (AvgIpc) is 2.53. The van der Waals surface area contributed by atoms with Gasteiger partial charge in [0.1, 0.15) is 11.6 Å². The van der Waals surface area contributed by atoms with E-state index in [1.807, 2.05) is 13.1 Å². The van der Waals surface area contributed by atoms with Gasteiger partial charge >= 0.3 is 0 Å². The highest BCUT2D eigenvalue weighted by Crippen LogP contribution is 2.28. The molecule has 0 saturated carbocycles. The summed E-state index contributed by atoms with van der Waals surface area (Å²) >= 11 is 6.25. The highest BCUT2D eigenvalue weighted by Gasteiger charge is 2.21. The minimum Gasteiger partial charge on any atom is -0.366 e. The van der Waals surface area contributed by atoms with Gasteiger partial charge in [-0.25, -0.2) is 15.0 Å². The molecule has 3 heterocycles. The quantitative estimate of drug-likeness (QED) is 0.932. The highest BCUT2D eigenvalue weighted by molar-refractivity contribution is 6.33. The number of halogens is 1. The standard InChI is InChI=1S/C15H16ClN5O/c1-2-13-18-6-9-3-4-21(8-12(9)20-13)15-11(16)5-10(7-19-15)14(17)22/h5-7H,2-4,8H2,1H3,(H2,17,22). The minimum absolute atomic E-state index is 0.307. The second kappa shape index (κ2) is 5.88. The van der Waals surface area contributed by atoms with E-state index in [1.54, 1.807) is 6.07 Å². The lowest BCUT2D eigenvalue weighted by Gasteiger charge is -2.29. The number of carbonyl (C=O) groups is 1.